The van der Waals surface area contributed by atoms with Gasteiger partial charge in [-0.1, -0.05) is 12.1 Å². The molecule has 0 bridgehead atoms. The average Bonchev–Trinajstić information content (AvgIpc) is 3.41. The Kier molecular flexibility index (Phi) is 5.70. The first kappa shape index (κ1) is 17.9. The van der Waals surface area contributed by atoms with Crippen molar-refractivity contribution in [2.45, 2.75) is 18.9 Å². The standard InChI is InChI=1S/C17H21BrN4O3/c18-13-3-1-2-4-14(13)20-15(23)11-21-7-9-22(10-8-21)17(25)16(24)19-12-5-6-12/h1-4,12H,5-11H2,(H,19,24)(H,20,23). The Hall–Kier alpha value is -1.93. The third kappa shape index (κ3) is 5.02. The van der Waals surface area contributed by atoms with Crippen molar-refractivity contribution < 1.29 is 14.4 Å². The number of carbonyl (C=O) groups is 3. The molecule has 1 aromatic rings. The van der Waals surface area contributed by atoms with E-state index in [2.05, 4.69) is 26.6 Å². The molecule has 0 unspecified atom stereocenters. The minimum absolute atomic E-state index is 0.0989. The van der Waals surface area contributed by atoms with Crippen molar-refractivity contribution in [1.82, 2.24) is 15.1 Å². The van der Waals surface area contributed by atoms with Gasteiger partial charge in [-0.3, -0.25) is 19.3 Å². The fraction of sp³-hybridized carbons (Fsp3) is 0.471. The predicted octanol–water partition coefficient (Wildman–Crippen LogP) is 0.810. The van der Waals surface area contributed by atoms with Crippen LogP contribution in [-0.4, -0.2) is 66.3 Å². The molecule has 1 aromatic carbocycles. The second-order valence-electron chi connectivity index (χ2n) is 6.34. The van der Waals surface area contributed by atoms with Crippen LogP contribution in [0.2, 0.25) is 0 Å². The van der Waals surface area contributed by atoms with E-state index >= 15 is 0 Å². The molecule has 2 N–H and O–H groups in total. The molecule has 0 atom stereocenters. The number of nitrogens with one attached hydrogen (secondary N) is 2. The summed E-state index contributed by atoms with van der Waals surface area (Å²) < 4.78 is 0.834. The van der Waals surface area contributed by atoms with Gasteiger partial charge in [-0.25, -0.2) is 0 Å². The number of hydrogen-bond acceptors (Lipinski definition) is 4. The highest BCUT2D eigenvalue weighted by Crippen LogP contribution is 2.21. The highest BCUT2D eigenvalue weighted by atomic mass is 79.9. The Morgan fingerprint density at radius 3 is 2.40 bits per heavy atom. The van der Waals surface area contributed by atoms with Crippen molar-refractivity contribution in [2.24, 2.45) is 0 Å². The molecular weight excluding hydrogens is 388 g/mol. The van der Waals surface area contributed by atoms with E-state index in [0.29, 0.717) is 26.2 Å². The molecule has 1 saturated heterocycles. The van der Waals surface area contributed by atoms with Gasteiger partial charge >= 0.3 is 11.8 Å². The van der Waals surface area contributed by atoms with E-state index in [9.17, 15) is 14.4 Å². The Morgan fingerprint density at radius 1 is 1.08 bits per heavy atom. The minimum Gasteiger partial charge on any atom is -0.345 e. The third-order valence-corrected chi connectivity index (χ3v) is 4.97. The topological polar surface area (TPSA) is 81.8 Å². The largest absolute Gasteiger partial charge is 0.345 e. The average molecular weight is 409 g/mol. The van der Waals surface area contributed by atoms with E-state index in [0.717, 1.165) is 23.0 Å². The number of piperazine rings is 1. The lowest BCUT2D eigenvalue weighted by Gasteiger charge is -2.33. The van der Waals surface area contributed by atoms with Crippen molar-refractivity contribution in [1.29, 1.82) is 0 Å². The van der Waals surface area contributed by atoms with Crippen LogP contribution in [0.15, 0.2) is 28.7 Å². The van der Waals surface area contributed by atoms with Crippen molar-refractivity contribution in [3.05, 3.63) is 28.7 Å². The maximum Gasteiger partial charge on any atom is 0.311 e. The summed E-state index contributed by atoms with van der Waals surface area (Å²) >= 11 is 3.40. The van der Waals surface area contributed by atoms with Crippen LogP contribution < -0.4 is 10.6 Å². The van der Waals surface area contributed by atoms with Gasteiger partial charge in [0.1, 0.15) is 0 Å². The molecule has 1 aliphatic carbocycles. The molecule has 3 amide bonds. The predicted molar refractivity (Wildman–Crippen MR) is 97.0 cm³/mol. The Balaban J connectivity index is 1.42. The van der Waals surface area contributed by atoms with Gasteiger partial charge in [0.25, 0.3) is 0 Å². The number of anilines is 1. The van der Waals surface area contributed by atoms with Crippen molar-refractivity contribution >= 4 is 39.3 Å². The van der Waals surface area contributed by atoms with Gasteiger partial charge in [0.05, 0.1) is 12.2 Å². The van der Waals surface area contributed by atoms with E-state index < -0.39 is 11.8 Å². The van der Waals surface area contributed by atoms with E-state index in [1.807, 2.05) is 29.2 Å². The van der Waals surface area contributed by atoms with Crippen molar-refractivity contribution in [2.75, 3.05) is 38.0 Å². The Bertz CT molecular complexity index is 670. The number of carbonyl (C=O) groups excluding carboxylic acids is 3. The summed E-state index contributed by atoms with van der Waals surface area (Å²) in [7, 11) is 0. The van der Waals surface area contributed by atoms with Crippen LogP contribution in [0, 0.1) is 0 Å². The first-order valence-electron chi connectivity index (χ1n) is 8.39. The Labute approximate surface area is 154 Å². The van der Waals surface area contributed by atoms with Gasteiger partial charge in [0, 0.05) is 36.7 Å². The number of para-hydroxylation sites is 1. The molecule has 25 heavy (non-hydrogen) atoms. The fourth-order valence-electron chi connectivity index (χ4n) is 2.68. The number of amides is 3. The lowest BCUT2D eigenvalue weighted by atomic mass is 10.3. The van der Waals surface area contributed by atoms with Gasteiger partial charge in [-0.05, 0) is 40.9 Å². The molecular formula is C17H21BrN4O3. The first-order valence-corrected chi connectivity index (χ1v) is 9.19. The van der Waals surface area contributed by atoms with Crippen molar-refractivity contribution in [3.63, 3.8) is 0 Å². The first-order chi connectivity index (χ1) is 12.0. The summed E-state index contributed by atoms with van der Waals surface area (Å²) in [6.45, 7) is 2.33. The summed E-state index contributed by atoms with van der Waals surface area (Å²) in [6.07, 6.45) is 1.92. The van der Waals surface area contributed by atoms with E-state index in [-0.39, 0.29) is 18.5 Å². The van der Waals surface area contributed by atoms with Crippen LogP contribution in [0.4, 0.5) is 5.69 Å². The SMILES string of the molecule is O=C(CN1CCN(C(=O)C(=O)NC2CC2)CC1)Nc1ccccc1Br. The van der Waals surface area contributed by atoms with Gasteiger partial charge in [0.2, 0.25) is 5.91 Å². The molecule has 7 nitrogen and oxygen atoms in total. The van der Waals surface area contributed by atoms with Crippen LogP contribution in [0.25, 0.3) is 0 Å². The van der Waals surface area contributed by atoms with E-state index in [1.165, 1.54) is 0 Å². The second kappa shape index (κ2) is 7.97. The number of hydrogen-bond donors (Lipinski definition) is 2. The molecule has 134 valence electrons. The molecule has 1 heterocycles. The monoisotopic (exact) mass is 408 g/mol. The molecule has 1 saturated carbocycles. The van der Waals surface area contributed by atoms with E-state index in [1.54, 1.807) is 4.90 Å². The smallest absolute Gasteiger partial charge is 0.311 e. The number of nitrogens with zero attached hydrogens (tertiary/aromatic N) is 2. The molecule has 0 radical (unpaired) electrons. The molecule has 2 aliphatic rings. The summed E-state index contributed by atoms with van der Waals surface area (Å²) in [4.78, 5) is 39.6. The highest BCUT2D eigenvalue weighted by Gasteiger charge is 2.30. The van der Waals surface area contributed by atoms with Gasteiger partial charge in [-0.2, -0.15) is 0 Å². The zero-order valence-corrected chi connectivity index (χ0v) is 15.4. The zero-order valence-electron chi connectivity index (χ0n) is 13.8. The molecule has 1 aliphatic heterocycles. The van der Waals surface area contributed by atoms with Crippen LogP contribution in [0.1, 0.15) is 12.8 Å². The quantitative estimate of drug-likeness (QED) is 0.722. The van der Waals surface area contributed by atoms with Crippen molar-refractivity contribution in [3.8, 4) is 0 Å². The number of benzene rings is 1. The normalized spacial score (nSPS) is 17.9. The minimum atomic E-state index is -0.511. The van der Waals surface area contributed by atoms with Gasteiger partial charge in [-0.15, -0.1) is 0 Å². The zero-order chi connectivity index (χ0) is 17.8. The molecule has 2 fully saturated rings. The maximum absolute atomic E-state index is 12.2. The number of halogens is 1. The highest BCUT2D eigenvalue weighted by molar-refractivity contribution is 9.10. The molecule has 0 spiro atoms. The number of rotatable bonds is 4. The second-order valence-corrected chi connectivity index (χ2v) is 7.20. The summed E-state index contributed by atoms with van der Waals surface area (Å²) in [5, 5.41) is 5.58. The van der Waals surface area contributed by atoms with Crippen LogP contribution in [-0.2, 0) is 14.4 Å². The Morgan fingerprint density at radius 2 is 1.76 bits per heavy atom. The summed E-state index contributed by atoms with van der Waals surface area (Å²) in [5.41, 5.74) is 0.734. The third-order valence-electron chi connectivity index (χ3n) is 4.28. The molecule has 3 rings (SSSR count). The fourth-order valence-corrected chi connectivity index (χ4v) is 3.07. The van der Waals surface area contributed by atoms with Gasteiger partial charge < -0.3 is 15.5 Å². The summed E-state index contributed by atoms with van der Waals surface area (Å²) in [5.74, 6) is -1.08. The maximum atomic E-state index is 12.2. The lowest BCUT2D eigenvalue weighted by Crippen LogP contribution is -2.53. The lowest BCUT2D eigenvalue weighted by molar-refractivity contribution is -0.147. The van der Waals surface area contributed by atoms with Crippen LogP contribution in [0.3, 0.4) is 0 Å². The van der Waals surface area contributed by atoms with Crippen LogP contribution in [0.5, 0.6) is 0 Å². The van der Waals surface area contributed by atoms with Crippen LogP contribution >= 0.6 is 15.9 Å². The van der Waals surface area contributed by atoms with Gasteiger partial charge in [0.15, 0.2) is 0 Å². The van der Waals surface area contributed by atoms with E-state index in [4.69, 9.17) is 0 Å². The summed E-state index contributed by atoms with van der Waals surface area (Å²) in [6, 6.07) is 7.62. The molecule has 8 heteroatoms. The molecule has 0 aromatic heterocycles.